The number of aryl methyl sites for hydroxylation is 2. The highest BCUT2D eigenvalue weighted by Crippen LogP contribution is 2.41. The number of nitrogens with one attached hydrogen (secondary N) is 2. The van der Waals surface area contributed by atoms with Crippen molar-refractivity contribution in [3.8, 4) is 0 Å². The maximum absolute atomic E-state index is 12.5. The van der Waals surface area contributed by atoms with Crippen molar-refractivity contribution in [2.24, 2.45) is 0 Å². The first-order valence-electron chi connectivity index (χ1n) is 7.26. The molecule has 1 atom stereocenters. The maximum Gasteiger partial charge on any atom is 0.265 e. The molecule has 6 heteroatoms. The number of benzene rings is 1. The van der Waals surface area contributed by atoms with Crippen LogP contribution in [0.5, 0.6) is 0 Å². The summed E-state index contributed by atoms with van der Waals surface area (Å²) in [5.74, 6) is -0.0521. The lowest BCUT2D eigenvalue weighted by Gasteiger charge is -2.26. The van der Waals surface area contributed by atoms with E-state index >= 15 is 0 Å². The van der Waals surface area contributed by atoms with E-state index in [4.69, 9.17) is 0 Å². The smallest absolute Gasteiger partial charge is 0.265 e. The second-order valence-corrected chi connectivity index (χ2v) is 7.59. The molecule has 0 saturated heterocycles. The average Bonchev–Trinajstić information content (AvgIpc) is 2.86. The van der Waals surface area contributed by atoms with Crippen molar-refractivity contribution in [2.45, 2.75) is 20.0 Å². The van der Waals surface area contributed by atoms with Crippen molar-refractivity contribution in [2.75, 3.05) is 5.32 Å². The minimum absolute atomic E-state index is 0.0521. The number of aromatic nitrogens is 1. The van der Waals surface area contributed by atoms with Crippen molar-refractivity contribution in [1.82, 2.24) is 10.3 Å². The highest BCUT2D eigenvalue weighted by atomic mass is 79.9. The molecule has 116 valence electrons. The van der Waals surface area contributed by atoms with Crippen LogP contribution in [0.4, 0.5) is 5.69 Å². The monoisotopic (exact) mass is 387 g/mol. The molecule has 0 bridgehead atoms. The third kappa shape index (κ3) is 2.42. The first-order chi connectivity index (χ1) is 11.0. The molecule has 0 fully saturated rings. The summed E-state index contributed by atoms with van der Waals surface area (Å²) in [6.45, 7) is 4.04. The Bertz CT molecular complexity index is 950. The van der Waals surface area contributed by atoms with E-state index in [1.54, 1.807) is 0 Å². The average molecular weight is 388 g/mol. The first-order valence-corrected chi connectivity index (χ1v) is 8.87. The van der Waals surface area contributed by atoms with Crippen LogP contribution in [-0.4, -0.2) is 10.9 Å². The van der Waals surface area contributed by atoms with E-state index in [2.05, 4.69) is 44.5 Å². The Balaban J connectivity index is 1.86. The third-order valence-electron chi connectivity index (χ3n) is 3.94. The van der Waals surface area contributed by atoms with Crippen LogP contribution < -0.4 is 10.6 Å². The molecule has 2 aromatic heterocycles. The first kappa shape index (κ1) is 14.7. The maximum atomic E-state index is 12.5. The van der Waals surface area contributed by atoms with Gasteiger partial charge in [0.15, 0.2) is 0 Å². The van der Waals surface area contributed by atoms with Gasteiger partial charge in [-0.1, -0.05) is 28.1 Å². The zero-order valence-electron chi connectivity index (χ0n) is 12.6. The van der Waals surface area contributed by atoms with Crippen LogP contribution in [0.3, 0.4) is 0 Å². The second-order valence-electron chi connectivity index (χ2n) is 5.67. The zero-order chi connectivity index (χ0) is 16.1. The Morgan fingerprint density at radius 1 is 1.22 bits per heavy atom. The van der Waals surface area contributed by atoms with Crippen LogP contribution in [0.2, 0.25) is 0 Å². The molecule has 1 amide bonds. The molecule has 3 aromatic rings. The molecule has 0 aliphatic carbocycles. The fourth-order valence-electron chi connectivity index (χ4n) is 2.97. The standard InChI is InChI=1S/C17H14BrN3OS/c1-8-6-9(2)19-17-12(8)13-14(23-17)16(22)21-15(20-13)10-4-3-5-11(18)7-10/h3-7,15,20H,1-2H3,(H,21,22)/t15-/m1/s1. The lowest BCUT2D eigenvalue weighted by atomic mass is 10.1. The second kappa shape index (κ2) is 5.32. The number of amides is 1. The highest BCUT2D eigenvalue weighted by molar-refractivity contribution is 9.10. The molecule has 1 aliphatic rings. The molecule has 4 rings (SSSR count). The molecular formula is C17H14BrN3OS. The minimum Gasteiger partial charge on any atom is -0.360 e. The quantitative estimate of drug-likeness (QED) is 0.644. The summed E-state index contributed by atoms with van der Waals surface area (Å²) in [6, 6.07) is 9.99. The molecule has 2 N–H and O–H groups in total. The number of anilines is 1. The number of carbonyl (C=O) groups excluding carboxylic acids is 1. The summed E-state index contributed by atoms with van der Waals surface area (Å²) in [7, 11) is 0. The van der Waals surface area contributed by atoms with Gasteiger partial charge in [-0.05, 0) is 43.2 Å². The van der Waals surface area contributed by atoms with E-state index in [-0.39, 0.29) is 12.1 Å². The lowest BCUT2D eigenvalue weighted by Crippen LogP contribution is -2.37. The van der Waals surface area contributed by atoms with Gasteiger partial charge in [0.25, 0.3) is 5.91 Å². The Morgan fingerprint density at radius 3 is 2.83 bits per heavy atom. The van der Waals surface area contributed by atoms with Gasteiger partial charge in [0.1, 0.15) is 15.9 Å². The van der Waals surface area contributed by atoms with Crippen LogP contribution in [-0.2, 0) is 0 Å². The zero-order valence-corrected chi connectivity index (χ0v) is 15.0. The summed E-state index contributed by atoms with van der Waals surface area (Å²) < 4.78 is 0.987. The van der Waals surface area contributed by atoms with Crippen molar-refractivity contribution >= 4 is 49.1 Å². The van der Waals surface area contributed by atoms with E-state index in [1.807, 2.05) is 31.2 Å². The Kier molecular flexibility index (Phi) is 3.39. The number of hydrogen-bond acceptors (Lipinski definition) is 4. The molecule has 23 heavy (non-hydrogen) atoms. The van der Waals surface area contributed by atoms with E-state index in [9.17, 15) is 4.79 Å². The van der Waals surface area contributed by atoms with Gasteiger partial charge < -0.3 is 10.6 Å². The van der Waals surface area contributed by atoms with Crippen molar-refractivity contribution < 1.29 is 4.79 Å². The third-order valence-corrected chi connectivity index (χ3v) is 5.52. The van der Waals surface area contributed by atoms with E-state index in [1.165, 1.54) is 11.3 Å². The molecular weight excluding hydrogens is 374 g/mol. The fourth-order valence-corrected chi connectivity index (χ4v) is 4.55. The largest absolute Gasteiger partial charge is 0.360 e. The number of halogens is 1. The lowest BCUT2D eigenvalue weighted by molar-refractivity contribution is 0.0940. The molecule has 0 spiro atoms. The van der Waals surface area contributed by atoms with Gasteiger partial charge in [0.05, 0.1) is 5.69 Å². The van der Waals surface area contributed by atoms with Crippen LogP contribution >= 0.6 is 27.3 Å². The van der Waals surface area contributed by atoms with Gasteiger partial charge in [0.2, 0.25) is 0 Å². The fraction of sp³-hybridized carbons (Fsp3) is 0.176. The SMILES string of the molecule is Cc1cc(C)c2c3c(sc2n1)C(=O)N[C@H](c1cccc(Br)c1)N3. The van der Waals surface area contributed by atoms with E-state index in [0.717, 1.165) is 37.2 Å². The molecule has 1 aromatic carbocycles. The summed E-state index contributed by atoms with van der Waals surface area (Å²) in [4.78, 5) is 18.7. The molecule has 3 heterocycles. The molecule has 4 nitrogen and oxygen atoms in total. The predicted octanol–water partition coefficient (Wildman–Crippen LogP) is 4.53. The molecule has 1 aliphatic heterocycles. The van der Waals surface area contributed by atoms with Gasteiger partial charge in [-0.25, -0.2) is 4.98 Å². The van der Waals surface area contributed by atoms with Gasteiger partial charge in [0, 0.05) is 15.6 Å². The Hall–Kier alpha value is -1.92. The molecule has 0 unspecified atom stereocenters. The number of rotatable bonds is 1. The summed E-state index contributed by atoms with van der Waals surface area (Å²) >= 11 is 4.92. The van der Waals surface area contributed by atoms with Crippen LogP contribution in [0, 0.1) is 13.8 Å². The topological polar surface area (TPSA) is 54.0 Å². The van der Waals surface area contributed by atoms with Crippen LogP contribution in [0.15, 0.2) is 34.8 Å². The number of hydrogen-bond donors (Lipinski definition) is 2. The Labute approximate surface area is 146 Å². The van der Waals surface area contributed by atoms with E-state index in [0.29, 0.717) is 4.88 Å². The summed E-state index contributed by atoms with van der Waals surface area (Å²) in [5.41, 5.74) is 4.01. The number of pyridine rings is 1. The highest BCUT2D eigenvalue weighted by Gasteiger charge is 2.29. The van der Waals surface area contributed by atoms with Crippen molar-refractivity contribution in [3.05, 3.63) is 56.5 Å². The number of carbonyl (C=O) groups is 1. The summed E-state index contributed by atoms with van der Waals surface area (Å²) in [5, 5.41) is 7.54. The summed E-state index contributed by atoms with van der Waals surface area (Å²) in [6.07, 6.45) is -0.244. The van der Waals surface area contributed by atoms with E-state index < -0.39 is 0 Å². The van der Waals surface area contributed by atoms with Gasteiger partial charge >= 0.3 is 0 Å². The van der Waals surface area contributed by atoms with Crippen molar-refractivity contribution in [3.63, 3.8) is 0 Å². The normalized spacial score (nSPS) is 16.8. The van der Waals surface area contributed by atoms with Crippen LogP contribution in [0.1, 0.15) is 32.7 Å². The van der Waals surface area contributed by atoms with Crippen molar-refractivity contribution in [1.29, 1.82) is 0 Å². The number of nitrogens with zero attached hydrogens (tertiary/aromatic N) is 1. The van der Waals surface area contributed by atoms with Gasteiger partial charge in [-0.3, -0.25) is 4.79 Å². The minimum atomic E-state index is -0.244. The number of fused-ring (bicyclic) bond motifs is 3. The van der Waals surface area contributed by atoms with Gasteiger partial charge in [-0.2, -0.15) is 0 Å². The molecule has 0 saturated carbocycles. The van der Waals surface area contributed by atoms with Crippen LogP contribution in [0.25, 0.3) is 10.2 Å². The predicted molar refractivity (Wildman–Crippen MR) is 97.1 cm³/mol. The number of thiophene rings is 1. The molecule has 0 radical (unpaired) electrons. The Morgan fingerprint density at radius 2 is 2.04 bits per heavy atom. The van der Waals surface area contributed by atoms with Gasteiger partial charge in [-0.15, -0.1) is 11.3 Å².